The number of hydrogen-bond acceptors (Lipinski definition) is 2. The van der Waals surface area contributed by atoms with Crippen LogP contribution in [0.3, 0.4) is 0 Å². The van der Waals surface area contributed by atoms with Crippen molar-refractivity contribution in [2.75, 3.05) is 0 Å². The van der Waals surface area contributed by atoms with Crippen molar-refractivity contribution in [1.29, 1.82) is 0 Å². The molecule has 1 atom stereocenters. The van der Waals surface area contributed by atoms with Crippen LogP contribution >= 0.6 is 11.8 Å². The fourth-order valence-electron chi connectivity index (χ4n) is 2.84. The first-order valence-electron chi connectivity index (χ1n) is 8.52. The fraction of sp³-hybridized carbons (Fsp3) is 0.381. The minimum Gasteiger partial charge on any atom is -0.282 e. The minimum atomic E-state index is -4.62. The number of carbonyl (C=O) groups is 1. The number of rotatable bonds is 6. The molecule has 0 bridgehead atoms. The van der Waals surface area contributed by atoms with Gasteiger partial charge in [-0.15, -0.1) is 0 Å². The first-order chi connectivity index (χ1) is 12.1. The second-order valence-corrected chi connectivity index (χ2v) is 8.08. The van der Waals surface area contributed by atoms with E-state index >= 15 is 0 Å². The molecule has 0 saturated heterocycles. The van der Waals surface area contributed by atoms with Crippen molar-refractivity contribution in [3.63, 3.8) is 0 Å². The van der Waals surface area contributed by atoms with Gasteiger partial charge in [0.25, 0.3) is 0 Å². The second kappa shape index (κ2) is 8.30. The number of hydrogen-bond donors (Lipinski definition) is 0. The topological polar surface area (TPSA) is 17.1 Å². The normalized spacial score (nSPS) is 20.9. The third-order valence-electron chi connectivity index (χ3n) is 4.29. The van der Waals surface area contributed by atoms with Crippen molar-refractivity contribution in [3.8, 4) is 0 Å². The summed E-state index contributed by atoms with van der Waals surface area (Å²) in [5.41, 5.74) is 2.01. The van der Waals surface area contributed by atoms with Crippen LogP contribution in [0.4, 0.5) is 13.2 Å². The van der Waals surface area contributed by atoms with Crippen LogP contribution < -0.4 is 0 Å². The summed E-state index contributed by atoms with van der Waals surface area (Å²) < 4.78 is 38.6. The van der Waals surface area contributed by atoms with Crippen molar-refractivity contribution < 1.29 is 18.0 Å². The Morgan fingerprint density at radius 2 is 1.77 bits per heavy atom. The van der Waals surface area contributed by atoms with E-state index in [1.54, 1.807) is 24.3 Å². The van der Waals surface area contributed by atoms with Gasteiger partial charge < -0.3 is 0 Å². The molecule has 1 aromatic carbocycles. The largest absolute Gasteiger partial charge is 0.420 e. The van der Waals surface area contributed by atoms with E-state index in [1.807, 2.05) is 32.9 Å². The lowest BCUT2D eigenvalue weighted by atomic mass is 9.91. The number of alkyl halides is 3. The van der Waals surface area contributed by atoms with Gasteiger partial charge in [-0.1, -0.05) is 65.4 Å². The fourth-order valence-corrected chi connectivity index (χ4v) is 4.05. The summed E-state index contributed by atoms with van der Waals surface area (Å²) in [4.78, 5) is 12.0. The molecule has 0 aromatic heterocycles. The van der Waals surface area contributed by atoms with Crippen molar-refractivity contribution in [1.82, 2.24) is 0 Å². The number of carbonyl (C=O) groups excluding carboxylic acids is 1. The van der Waals surface area contributed by atoms with Gasteiger partial charge in [-0.05, 0) is 51.7 Å². The van der Waals surface area contributed by atoms with Crippen LogP contribution in [-0.2, 0) is 9.54 Å². The Morgan fingerprint density at radius 1 is 1.12 bits per heavy atom. The predicted octanol–water partition coefficient (Wildman–Crippen LogP) is 6.73. The highest BCUT2D eigenvalue weighted by molar-refractivity contribution is 8.15. The average Bonchev–Trinajstić information content (AvgIpc) is 2.92. The van der Waals surface area contributed by atoms with E-state index in [0.717, 1.165) is 36.3 Å². The van der Waals surface area contributed by atoms with Gasteiger partial charge in [-0.25, -0.2) is 0 Å². The summed E-state index contributed by atoms with van der Waals surface area (Å²) in [6.07, 6.45) is 2.69. The summed E-state index contributed by atoms with van der Waals surface area (Å²) in [7, 11) is 0. The lowest BCUT2D eigenvalue weighted by Crippen LogP contribution is -2.17. The smallest absolute Gasteiger partial charge is 0.282 e. The highest BCUT2D eigenvalue weighted by Gasteiger charge is 2.49. The molecule has 1 aliphatic heterocycles. The Morgan fingerprint density at radius 3 is 2.31 bits per heavy atom. The SMILES string of the molecule is CC(C)=CCCC(C)=CCC1(c2ccccc2)C=C(C(F)(F)F)C(=O)S1. The van der Waals surface area contributed by atoms with Crippen LogP contribution in [-0.4, -0.2) is 11.3 Å². The molecular weight excluding hydrogens is 357 g/mol. The molecule has 0 N–H and O–H groups in total. The van der Waals surface area contributed by atoms with Gasteiger partial charge in [0.1, 0.15) is 5.57 Å². The van der Waals surface area contributed by atoms with Crippen LogP contribution in [0.1, 0.15) is 45.6 Å². The zero-order valence-corrected chi connectivity index (χ0v) is 16.0. The van der Waals surface area contributed by atoms with Crippen LogP contribution in [0.25, 0.3) is 0 Å². The third kappa shape index (κ3) is 5.13. The summed E-state index contributed by atoms with van der Waals surface area (Å²) >= 11 is 0.764. The lowest BCUT2D eigenvalue weighted by molar-refractivity contribution is -0.121. The summed E-state index contributed by atoms with van der Waals surface area (Å²) in [6.45, 7) is 6.05. The summed E-state index contributed by atoms with van der Waals surface area (Å²) in [5, 5.41) is -0.906. The van der Waals surface area contributed by atoms with Gasteiger partial charge in [0.05, 0.1) is 4.75 Å². The average molecular weight is 380 g/mol. The van der Waals surface area contributed by atoms with Gasteiger partial charge in [0.2, 0.25) is 5.12 Å². The van der Waals surface area contributed by atoms with E-state index in [4.69, 9.17) is 0 Å². The zero-order chi connectivity index (χ0) is 19.4. The Hall–Kier alpha value is -1.75. The van der Waals surface area contributed by atoms with Crippen LogP contribution in [0, 0.1) is 0 Å². The molecule has 0 aliphatic carbocycles. The zero-order valence-electron chi connectivity index (χ0n) is 15.2. The van der Waals surface area contributed by atoms with Gasteiger partial charge in [-0.2, -0.15) is 13.2 Å². The van der Waals surface area contributed by atoms with Gasteiger partial charge in [0.15, 0.2) is 0 Å². The highest BCUT2D eigenvalue weighted by Crippen LogP contribution is 2.52. The number of benzene rings is 1. The van der Waals surface area contributed by atoms with Crippen molar-refractivity contribution in [2.45, 2.75) is 51.0 Å². The molecule has 1 nitrogen and oxygen atoms in total. The minimum absolute atomic E-state index is 0.355. The number of thioether (sulfide) groups is 1. The van der Waals surface area contributed by atoms with E-state index in [9.17, 15) is 18.0 Å². The maximum Gasteiger partial charge on any atom is 0.420 e. The Labute approximate surface area is 157 Å². The van der Waals surface area contributed by atoms with Gasteiger partial charge >= 0.3 is 6.18 Å². The van der Waals surface area contributed by atoms with Crippen molar-refractivity contribution in [2.24, 2.45) is 0 Å². The lowest BCUT2D eigenvalue weighted by Gasteiger charge is -2.25. The molecule has 0 fully saturated rings. The summed E-state index contributed by atoms with van der Waals surface area (Å²) in [6, 6.07) is 8.94. The molecule has 1 heterocycles. The van der Waals surface area contributed by atoms with E-state index in [1.165, 1.54) is 5.57 Å². The van der Waals surface area contributed by atoms with E-state index in [0.29, 0.717) is 12.0 Å². The van der Waals surface area contributed by atoms with Crippen LogP contribution in [0.15, 0.2) is 65.3 Å². The maximum atomic E-state index is 13.2. The maximum absolute atomic E-state index is 13.2. The van der Waals surface area contributed by atoms with Crippen molar-refractivity contribution in [3.05, 3.63) is 70.8 Å². The Bertz CT molecular complexity index is 740. The Kier molecular flexibility index (Phi) is 6.56. The molecule has 0 radical (unpaired) electrons. The molecule has 1 aromatic rings. The molecule has 2 rings (SSSR count). The monoisotopic (exact) mass is 380 g/mol. The number of allylic oxidation sites excluding steroid dienone is 4. The van der Waals surface area contributed by atoms with E-state index in [2.05, 4.69) is 6.08 Å². The highest BCUT2D eigenvalue weighted by atomic mass is 32.2. The molecular formula is C21H23F3OS. The summed E-state index contributed by atoms with van der Waals surface area (Å²) in [5.74, 6) is 0. The molecule has 1 aliphatic rings. The van der Waals surface area contributed by atoms with Crippen LogP contribution in [0.5, 0.6) is 0 Å². The second-order valence-electron chi connectivity index (χ2n) is 6.78. The van der Waals surface area contributed by atoms with Crippen LogP contribution in [0.2, 0.25) is 0 Å². The first-order valence-corrected chi connectivity index (χ1v) is 9.33. The van der Waals surface area contributed by atoms with Gasteiger partial charge in [0, 0.05) is 0 Å². The molecule has 140 valence electrons. The molecule has 26 heavy (non-hydrogen) atoms. The number of halogens is 3. The predicted molar refractivity (Wildman–Crippen MR) is 102 cm³/mol. The standard InChI is InChI=1S/C21H23F3OS/c1-15(2)8-7-9-16(3)12-13-20(17-10-5-4-6-11-17)14-18(19(25)26-20)21(22,23)24/h4-6,8,10-12,14H,7,9,13H2,1-3H3. The quantitative estimate of drug-likeness (QED) is 0.509. The first kappa shape index (κ1) is 20.6. The Balaban J connectivity index is 2.31. The molecule has 0 spiro atoms. The molecule has 0 amide bonds. The van der Waals surface area contributed by atoms with Gasteiger partial charge in [-0.3, -0.25) is 4.79 Å². The molecule has 1 unspecified atom stereocenters. The molecule has 5 heteroatoms. The third-order valence-corrected chi connectivity index (χ3v) is 5.57. The van der Waals surface area contributed by atoms with E-state index < -0.39 is 21.6 Å². The molecule has 0 saturated carbocycles. The van der Waals surface area contributed by atoms with Crippen molar-refractivity contribution >= 4 is 16.9 Å². The van der Waals surface area contributed by atoms with E-state index in [-0.39, 0.29) is 0 Å².